The zero-order valence-corrected chi connectivity index (χ0v) is 12.5. The van der Waals surface area contributed by atoms with Crippen LogP contribution in [0.1, 0.15) is 19.4 Å². The van der Waals surface area contributed by atoms with Crippen LogP contribution in [0.3, 0.4) is 0 Å². The second kappa shape index (κ2) is 5.24. The van der Waals surface area contributed by atoms with Gasteiger partial charge in [-0.2, -0.15) is 0 Å². The van der Waals surface area contributed by atoms with E-state index in [1.54, 1.807) is 0 Å². The summed E-state index contributed by atoms with van der Waals surface area (Å²) in [6.45, 7) is 2.52. The summed E-state index contributed by atoms with van der Waals surface area (Å²) >= 11 is 0. The van der Waals surface area contributed by atoms with Crippen molar-refractivity contribution in [3.8, 4) is 0 Å². The quantitative estimate of drug-likeness (QED) is 0.870. The van der Waals surface area contributed by atoms with Crippen LogP contribution in [0.15, 0.2) is 29.8 Å². The van der Waals surface area contributed by atoms with Gasteiger partial charge in [-0.05, 0) is 26.0 Å². The number of benzene rings is 1. The van der Waals surface area contributed by atoms with E-state index in [9.17, 15) is 27.1 Å². The van der Waals surface area contributed by atoms with Gasteiger partial charge in [0.2, 0.25) is 21.7 Å². The molecule has 1 aromatic rings. The average molecular weight is 333 g/mol. The van der Waals surface area contributed by atoms with Crippen molar-refractivity contribution in [2.75, 3.05) is 5.75 Å². The van der Waals surface area contributed by atoms with Crippen LogP contribution in [0.4, 0.5) is 8.78 Å². The van der Waals surface area contributed by atoms with E-state index in [1.165, 1.54) is 13.8 Å². The number of hydrogen-bond acceptors (Lipinski definition) is 5. The predicted octanol–water partition coefficient (Wildman–Crippen LogP) is 1.45. The minimum atomic E-state index is -3.80. The van der Waals surface area contributed by atoms with Gasteiger partial charge in [-0.25, -0.2) is 17.2 Å². The maximum absolute atomic E-state index is 13.3. The smallest absolute Gasteiger partial charge is 0.250 e. The van der Waals surface area contributed by atoms with Crippen LogP contribution in [0.5, 0.6) is 0 Å². The summed E-state index contributed by atoms with van der Waals surface area (Å²) in [7, 11) is -3.80. The first-order chi connectivity index (χ1) is 10.1. The summed E-state index contributed by atoms with van der Waals surface area (Å²) < 4.78 is 56.7. The van der Waals surface area contributed by atoms with E-state index < -0.39 is 44.7 Å². The molecule has 1 aromatic carbocycles. The molecule has 22 heavy (non-hydrogen) atoms. The Balaban J connectivity index is 2.42. The number of ether oxygens (including phenoxy) is 1. The maximum Gasteiger partial charge on any atom is 0.250 e. The molecule has 0 aliphatic carbocycles. The molecule has 0 radical (unpaired) electrons. The van der Waals surface area contributed by atoms with Crippen molar-refractivity contribution in [1.82, 2.24) is 4.72 Å². The van der Waals surface area contributed by atoms with E-state index in [0.29, 0.717) is 6.07 Å². The van der Waals surface area contributed by atoms with E-state index in [0.717, 1.165) is 12.1 Å². The molecule has 0 spiro atoms. The highest BCUT2D eigenvalue weighted by molar-refractivity contribution is 7.89. The second-order valence-corrected chi connectivity index (χ2v) is 6.82. The van der Waals surface area contributed by atoms with Crippen LogP contribution >= 0.6 is 0 Å². The van der Waals surface area contributed by atoms with Gasteiger partial charge in [0.1, 0.15) is 11.6 Å². The highest BCUT2D eigenvalue weighted by atomic mass is 32.2. The van der Waals surface area contributed by atoms with Gasteiger partial charge in [-0.15, -0.1) is 0 Å². The monoisotopic (exact) mass is 333 g/mol. The van der Waals surface area contributed by atoms with Crippen molar-refractivity contribution in [3.63, 3.8) is 0 Å². The molecule has 2 rings (SSSR count). The van der Waals surface area contributed by atoms with Crippen molar-refractivity contribution in [2.24, 2.45) is 0 Å². The number of nitrogens with one attached hydrogen (secondary N) is 1. The average Bonchev–Trinajstić information content (AvgIpc) is 2.63. The van der Waals surface area contributed by atoms with Crippen LogP contribution in [0.2, 0.25) is 0 Å². The van der Waals surface area contributed by atoms with Gasteiger partial charge in [-0.3, -0.25) is 9.52 Å². The molecule has 0 aromatic heterocycles. The summed E-state index contributed by atoms with van der Waals surface area (Å²) in [6, 6.07) is 2.34. The maximum atomic E-state index is 13.3. The molecule has 1 aliphatic rings. The normalized spacial score (nSPS) is 21.9. The summed E-state index contributed by atoms with van der Waals surface area (Å²) in [4.78, 5) is 12.1. The Morgan fingerprint density at radius 3 is 2.32 bits per heavy atom. The molecule has 0 saturated carbocycles. The summed E-state index contributed by atoms with van der Waals surface area (Å²) in [5, 5.41) is 9.74. The van der Waals surface area contributed by atoms with Gasteiger partial charge < -0.3 is 9.84 Å². The van der Waals surface area contributed by atoms with Crippen LogP contribution in [-0.2, 0) is 25.2 Å². The Kier molecular flexibility index (Phi) is 3.86. The molecule has 0 bridgehead atoms. The lowest BCUT2D eigenvalue weighted by molar-refractivity contribution is -0.131. The van der Waals surface area contributed by atoms with E-state index >= 15 is 0 Å². The Morgan fingerprint density at radius 1 is 1.27 bits per heavy atom. The summed E-state index contributed by atoms with van der Waals surface area (Å²) in [5.74, 6) is -4.81. The molecule has 1 heterocycles. The molecule has 6 nitrogen and oxygen atoms in total. The van der Waals surface area contributed by atoms with Crippen LogP contribution < -0.4 is 4.72 Å². The lowest BCUT2D eigenvalue weighted by Crippen LogP contribution is -2.32. The van der Waals surface area contributed by atoms with E-state index in [4.69, 9.17) is 4.74 Å². The molecular formula is C13H13F2NO5S. The number of aliphatic hydroxyl groups is 1. The van der Waals surface area contributed by atoms with Crippen LogP contribution in [0, 0.1) is 11.6 Å². The van der Waals surface area contributed by atoms with Gasteiger partial charge in [0.25, 0.3) is 5.78 Å². The Bertz CT molecular complexity index is 754. The fourth-order valence-corrected chi connectivity index (χ4v) is 2.49. The minimum absolute atomic E-state index is 0.188. The van der Waals surface area contributed by atoms with Crippen molar-refractivity contribution in [1.29, 1.82) is 0 Å². The number of halogens is 2. The lowest BCUT2D eigenvalue weighted by Gasteiger charge is -2.23. The Hall–Kier alpha value is -2.16. The zero-order valence-electron chi connectivity index (χ0n) is 11.7. The van der Waals surface area contributed by atoms with Crippen molar-refractivity contribution in [2.45, 2.75) is 19.4 Å². The molecule has 9 heteroatoms. The van der Waals surface area contributed by atoms with Gasteiger partial charge in [-0.1, -0.05) is 0 Å². The van der Waals surface area contributed by atoms with Gasteiger partial charge >= 0.3 is 0 Å². The highest BCUT2D eigenvalue weighted by Crippen LogP contribution is 2.37. The van der Waals surface area contributed by atoms with E-state index in [-0.39, 0.29) is 11.3 Å². The molecular weight excluding hydrogens is 320 g/mol. The number of ketones is 1. The molecule has 1 aliphatic heterocycles. The number of carbonyl (C=O) groups is 1. The Labute approximate surface area is 125 Å². The third kappa shape index (κ3) is 2.76. The fourth-order valence-electron chi connectivity index (χ4n) is 1.93. The summed E-state index contributed by atoms with van der Waals surface area (Å²) in [5.41, 5.74) is -2.12. The largest absolute Gasteiger partial charge is 0.501 e. The van der Waals surface area contributed by atoms with Crippen molar-refractivity contribution >= 4 is 15.8 Å². The molecule has 0 amide bonds. The molecule has 1 atom stereocenters. The lowest BCUT2D eigenvalue weighted by atomic mass is 9.91. The molecule has 0 fully saturated rings. The second-order valence-electron chi connectivity index (χ2n) is 4.81. The SMILES string of the molecule is CCS(=O)(=O)NC1=C(O)C(=O)C(C)(c2cc(F)cc(F)c2)O1. The number of aliphatic hydroxyl groups excluding tert-OH is 1. The third-order valence-electron chi connectivity index (χ3n) is 3.21. The topological polar surface area (TPSA) is 92.7 Å². The first kappa shape index (κ1) is 16.2. The Morgan fingerprint density at radius 2 is 1.82 bits per heavy atom. The van der Waals surface area contributed by atoms with Crippen LogP contribution in [-0.4, -0.2) is 25.1 Å². The zero-order chi connectivity index (χ0) is 16.7. The number of sulfonamides is 1. The number of Topliss-reactive ketones (excluding diaryl/α,β-unsaturated/α-hetero) is 1. The first-order valence-corrected chi connectivity index (χ1v) is 7.88. The van der Waals surface area contributed by atoms with Crippen molar-refractivity contribution in [3.05, 3.63) is 47.0 Å². The molecule has 2 N–H and O–H groups in total. The van der Waals surface area contributed by atoms with E-state index in [2.05, 4.69) is 0 Å². The van der Waals surface area contributed by atoms with Gasteiger partial charge in [0.15, 0.2) is 5.60 Å². The van der Waals surface area contributed by atoms with Crippen LogP contribution in [0.25, 0.3) is 0 Å². The number of hydrogen-bond donors (Lipinski definition) is 2. The predicted molar refractivity (Wildman–Crippen MR) is 72.1 cm³/mol. The van der Waals surface area contributed by atoms with Gasteiger partial charge in [0, 0.05) is 11.6 Å². The molecule has 0 saturated heterocycles. The van der Waals surface area contributed by atoms with Gasteiger partial charge in [0.05, 0.1) is 5.75 Å². The molecule has 1 unspecified atom stereocenters. The standard InChI is InChI=1S/C13H13F2NO5S/c1-3-22(19,20)16-12-10(17)11(18)13(2,21-12)7-4-8(14)6-9(15)5-7/h4-6,16-17H,3H2,1-2H3. The summed E-state index contributed by atoms with van der Waals surface area (Å²) in [6.07, 6.45) is 0. The third-order valence-corrected chi connectivity index (χ3v) is 4.47. The van der Waals surface area contributed by atoms with Crippen molar-refractivity contribution < 1.29 is 31.8 Å². The number of carbonyl (C=O) groups excluding carboxylic acids is 1. The minimum Gasteiger partial charge on any atom is -0.501 e. The fraction of sp³-hybridized carbons (Fsp3) is 0.308. The van der Waals surface area contributed by atoms with E-state index in [1.807, 2.05) is 4.72 Å². The first-order valence-electron chi connectivity index (χ1n) is 6.23. The number of rotatable bonds is 4. The highest BCUT2D eigenvalue weighted by Gasteiger charge is 2.49. The molecule has 120 valence electrons.